The molecule has 1 heterocycles. The average molecular weight is 301 g/mol. The number of hydrogen-bond donors (Lipinski definition) is 0. The molecule has 0 saturated carbocycles. The molecule has 0 radical (unpaired) electrons. The minimum Gasteiger partial charge on any atom is -0.480 e. The van der Waals surface area contributed by atoms with E-state index in [4.69, 9.17) is 21.1 Å². The highest BCUT2D eigenvalue weighted by Gasteiger charge is 2.18. The predicted molar refractivity (Wildman–Crippen MR) is 83.1 cm³/mol. The predicted octanol–water partition coefficient (Wildman–Crippen LogP) is 3.97. The van der Waals surface area contributed by atoms with Gasteiger partial charge >= 0.3 is 6.01 Å². The van der Waals surface area contributed by atoms with Gasteiger partial charge < -0.3 is 9.47 Å². The standard InChI is InChI=1S/C16H13ClN2O2/c1-20-15-13(14(17)18-16(19-15)21-2)12-9-5-7-10-6-3-4-8-11(10)12/h3-9H,1-2H3. The first-order valence-corrected chi connectivity index (χ1v) is 6.76. The molecule has 0 atom stereocenters. The Balaban J connectivity index is 2.33. The topological polar surface area (TPSA) is 44.2 Å². The molecule has 0 saturated heterocycles. The van der Waals surface area contributed by atoms with Gasteiger partial charge in [-0.15, -0.1) is 0 Å². The van der Waals surface area contributed by atoms with Gasteiger partial charge in [0.05, 0.1) is 19.8 Å². The molecule has 0 N–H and O–H groups in total. The lowest BCUT2D eigenvalue weighted by atomic mass is 10.00. The number of methoxy groups -OCH3 is 2. The maximum atomic E-state index is 6.32. The van der Waals surface area contributed by atoms with E-state index in [-0.39, 0.29) is 6.01 Å². The Morgan fingerprint density at radius 1 is 0.905 bits per heavy atom. The van der Waals surface area contributed by atoms with Gasteiger partial charge in [0.25, 0.3) is 0 Å². The van der Waals surface area contributed by atoms with E-state index >= 15 is 0 Å². The summed E-state index contributed by atoms with van der Waals surface area (Å²) >= 11 is 6.32. The Morgan fingerprint density at radius 3 is 2.43 bits per heavy atom. The third kappa shape index (κ3) is 2.38. The summed E-state index contributed by atoms with van der Waals surface area (Å²) in [6.45, 7) is 0. The van der Waals surface area contributed by atoms with E-state index in [9.17, 15) is 0 Å². The van der Waals surface area contributed by atoms with E-state index in [1.165, 1.54) is 7.11 Å². The zero-order chi connectivity index (χ0) is 14.8. The van der Waals surface area contributed by atoms with Gasteiger partial charge in [0, 0.05) is 0 Å². The van der Waals surface area contributed by atoms with Crippen LogP contribution < -0.4 is 9.47 Å². The highest BCUT2D eigenvalue weighted by atomic mass is 35.5. The first-order chi connectivity index (χ1) is 10.2. The number of aromatic nitrogens is 2. The van der Waals surface area contributed by atoms with Crippen LogP contribution in [0.5, 0.6) is 11.9 Å². The minimum atomic E-state index is 0.181. The summed E-state index contributed by atoms with van der Waals surface area (Å²) < 4.78 is 10.4. The zero-order valence-corrected chi connectivity index (χ0v) is 12.4. The van der Waals surface area contributed by atoms with Crippen molar-refractivity contribution in [2.45, 2.75) is 0 Å². The summed E-state index contributed by atoms with van der Waals surface area (Å²) in [6.07, 6.45) is 0. The van der Waals surface area contributed by atoms with Crippen molar-refractivity contribution in [2.75, 3.05) is 14.2 Å². The molecule has 0 fully saturated rings. The van der Waals surface area contributed by atoms with Gasteiger partial charge in [0.2, 0.25) is 5.88 Å². The lowest BCUT2D eigenvalue weighted by Crippen LogP contribution is -1.99. The summed E-state index contributed by atoms with van der Waals surface area (Å²) in [5.41, 5.74) is 1.59. The Morgan fingerprint density at radius 2 is 1.67 bits per heavy atom. The molecule has 5 heteroatoms. The van der Waals surface area contributed by atoms with Crippen molar-refractivity contribution in [3.8, 4) is 23.0 Å². The van der Waals surface area contributed by atoms with Crippen LogP contribution in [0.4, 0.5) is 0 Å². The van der Waals surface area contributed by atoms with Crippen molar-refractivity contribution in [1.82, 2.24) is 9.97 Å². The van der Waals surface area contributed by atoms with E-state index in [1.807, 2.05) is 42.5 Å². The maximum absolute atomic E-state index is 6.32. The second kappa shape index (κ2) is 5.58. The van der Waals surface area contributed by atoms with Crippen LogP contribution in [0.3, 0.4) is 0 Å². The van der Waals surface area contributed by atoms with Crippen molar-refractivity contribution in [3.05, 3.63) is 47.6 Å². The average Bonchev–Trinajstić information content (AvgIpc) is 2.53. The van der Waals surface area contributed by atoms with Gasteiger partial charge in [-0.1, -0.05) is 54.1 Å². The van der Waals surface area contributed by atoms with E-state index in [2.05, 4.69) is 9.97 Å². The number of ether oxygens (including phenoxy) is 2. The molecule has 0 aliphatic rings. The Hall–Kier alpha value is -2.33. The minimum absolute atomic E-state index is 0.181. The van der Waals surface area contributed by atoms with Gasteiger partial charge in [-0.25, -0.2) is 0 Å². The van der Waals surface area contributed by atoms with Gasteiger partial charge in [-0.2, -0.15) is 9.97 Å². The van der Waals surface area contributed by atoms with Crippen molar-refractivity contribution >= 4 is 22.4 Å². The monoisotopic (exact) mass is 300 g/mol. The van der Waals surface area contributed by atoms with Crippen LogP contribution in [0.2, 0.25) is 5.15 Å². The number of nitrogens with zero attached hydrogens (tertiary/aromatic N) is 2. The van der Waals surface area contributed by atoms with Crippen molar-refractivity contribution in [2.24, 2.45) is 0 Å². The molecule has 0 spiro atoms. The molecular formula is C16H13ClN2O2. The molecule has 0 bridgehead atoms. The maximum Gasteiger partial charge on any atom is 0.320 e. The van der Waals surface area contributed by atoms with E-state index in [0.717, 1.165) is 16.3 Å². The molecule has 2 aromatic carbocycles. The highest BCUT2D eigenvalue weighted by Crippen LogP contribution is 2.38. The van der Waals surface area contributed by atoms with Gasteiger partial charge in [-0.3, -0.25) is 0 Å². The molecule has 3 rings (SSSR count). The Labute approximate surface area is 127 Å². The number of rotatable bonds is 3. The molecule has 0 aliphatic heterocycles. The summed E-state index contributed by atoms with van der Waals surface area (Å²) in [7, 11) is 3.04. The van der Waals surface area contributed by atoms with Crippen molar-refractivity contribution in [1.29, 1.82) is 0 Å². The molecule has 4 nitrogen and oxygen atoms in total. The summed E-state index contributed by atoms with van der Waals surface area (Å²) in [5, 5.41) is 2.48. The SMILES string of the molecule is COc1nc(Cl)c(-c2cccc3ccccc23)c(OC)n1. The molecule has 0 amide bonds. The second-order valence-electron chi connectivity index (χ2n) is 4.41. The molecule has 106 valence electrons. The summed E-state index contributed by atoms with van der Waals surface area (Å²) in [5.74, 6) is 0.392. The third-order valence-corrected chi connectivity index (χ3v) is 3.52. The lowest BCUT2D eigenvalue weighted by molar-refractivity contribution is 0.353. The fourth-order valence-electron chi connectivity index (χ4n) is 2.30. The molecule has 1 aromatic heterocycles. The largest absolute Gasteiger partial charge is 0.480 e. The number of fused-ring (bicyclic) bond motifs is 1. The molecular weight excluding hydrogens is 288 g/mol. The quantitative estimate of drug-likeness (QED) is 0.687. The van der Waals surface area contributed by atoms with Crippen LogP contribution in [0.15, 0.2) is 42.5 Å². The number of halogens is 1. The van der Waals surface area contributed by atoms with Crippen LogP contribution in [0.1, 0.15) is 0 Å². The number of hydrogen-bond acceptors (Lipinski definition) is 4. The first kappa shape index (κ1) is 13.6. The highest BCUT2D eigenvalue weighted by molar-refractivity contribution is 6.33. The Kier molecular flexibility index (Phi) is 3.62. The molecule has 0 aliphatic carbocycles. The second-order valence-corrected chi connectivity index (χ2v) is 4.77. The van der Waals surface area contributed by atoms with E-state index in [0.29, 0.717) is 16.6 Å². The fourth-order valence-corrected chi connectivity index (χ4v) is 2.56. The lowest BCUT2D eigenvalue weighted by Gasteiger charge is -2.12. The molecule has 0 unspecified atom stereocenters. The van der Waals surface area contributed by atoms with Crippen molar-refractivity contribution in [3.63, 3.8) is 0 Å². The van der Waals surface area contributed by atoms with E-state index in [1.54, 1.807) is 7.11 Å². The fraction of sp³-hybridized carbons (Fsp3) is 0.125. The van der Waals surface area contributed by atoms with Crippen LogP contribution >= 0.6 is 11.6 Å². The first-order valence-electron chi connectivity index (χ1n) is 6.38. The van der Waals surface area contributed by atoms with Crippen LogP contribution in [0, 0.1) is 0 Å². The normalized spacial score (nSPS) is 10.6. The Bertz CT molecular complexity index is 800. The van der Waals surface area contributed by atoms with Gasteiger partial charge in [0.1, 0.15) is 5.15 Å². The summed E-state index contributed by atoms with van der Waals surface area (Å²) in [4.78, 5) is 8.35. The van der Waals surface area contributed by atoms with Crippen molar-refractivity contribution < 1.29 is 9.47 Å². The smallest absolute Gasteiger partial charge is 0.320 e. The van der Waals surface area contributed by atoms with E-state index < -0.39 is 0 Å². The van der Waals surface area contributed by atoms with Crippen LogP contribution in [-0.4, -0.2) is 24.2 Å². The molecule has 21 heavy (non-hydrogen) atoms. The van der Waals surface area contributed by atoms with Crippen LogP contribution in [0.25, 0.3) is 21.9 Å². The summed E-state index contributed by atoms with van der Waals surface area (Å²) in [6, 6.07) is 14.2. The van der Waals surface area contributed by atoms with Crippen LogP contribution in [-0.2, 0) is 0 Å². The third-order valence-electron chi connectivity index (χ3n) is 3.25. The number of benzene rings is 2. The zero-order valence-electron chi connectivity index (χ0n) is 11.6. The molecule has 3 aromatic rings. The van der Waals surface area contributed by atoms with Gasteiger partial charge in [0.15, 0.2) is 0 Å². The van der Waals surface area contributed by atoms with Gasteiger partial charge in [-0.05, 0) is 16.3 Å².